The zero-order valence-corrected chi connectivity index (χ0v) is 13.5. The molecule has 23 heavy (non-hydrogen) atoms. The molecule has 1 aromatic heterocycles. The van der Waals surface area contributed by atoms with E-state index in [-0.39, 0.29) is 5.57 Å². The number of thiazole rings is 1. The molecule has 3 rings (SSSR count). The van der Waals surface area contributed by atoms with Gasteiger partial charge in [-0.05, 0) is 36.4 Å². The minimum Gasteiger partial charge on any atom is -0.360 e. The standard InChI is InChI=1S/C17H10N4S2/c18-9-12(10-19)11-20-13-5-7-14(8-6-13)22-17-21-15-3-1-2-4-16(15)23-17/h1-8,11,20H. The van der Waals surface area contributed by atoms with Crippen molar-refractivity contribution < 1.29 is 0 Å². The van der Waals surface area contributed by atoms with Crippen LogP contribution in [0, 0.1) is 22.7 Å². The number of hydrogen-bond donors (Lipinski definition) is 1. The summed E-state index contributed by atoms with van der Waals surface area (Å²) in [4.78, 5) is 5.68. The molecule has 0 atom stereocenters. The van der Waals surface area contributed by atoms with Crippen LogP contribution in [0.3, 0.4) is 0 Å². The molecule has 0 saturated heterocycles. The predicted molar refractivity (Wildman–Crippen MR) is 93.1 cm³/mol. The second-order valence-electron chi connectivity index (χ2n) is 4.50. The van der Waals surface area contributed by atoms with Crippen molar-refractivity contribution in [3.63, 3.8) is 0 Å². The lowest BCUT2D eigenvalue weighted by Gasteiger charge is -2.02. The molecule has 0 aliphatic rings. The summed E-state index contributed by atoms with van der Waals surface area (Å²) in [6.45, 7) is 0. The maximum atomic E-state index is 8.68. The summed E-state index contributed by atoms with van der Waals surface area (Å²) < 4.78 is 2.18. The van der Waals surface area contributed by atoms with Gasteiger partial charge in [-0.2, -0.15) is 10.5 Å². The van der Waals surface area contributed by atoms with E-state index in [0.29, 0.717) is 0 Å². The molecule has 3 aromatic rings. The Morgan fingerprint density at radius 1 is 1.09 bits per heavy atom. The molecule has 0 saturated carbocycles. The fourth-order valence-corrected chi connectivity index (χ4v) is 3.90. The topological polar surface area (TPSA) is 72.5 Å². The number of benzene rings is 2. The van der Waals surface area contributed by atoms with Crippen molar-refractivity contribution in [1.82, 2.24) is 4.98 Å². The highest BCUT2D eigenvalue weighted by molar-refractivity contribution is 8.01. The number of allylic oxidation sites excluding steroid dienone is 1. The molecule has 4 nitrogen and oxygen atoms in total. The molecular formula is C17H10N4S2. The van der Waals surface area contributed by atoms with Gasteiger partial charge in [0, 0.05) is 16.8 Å². The van der Waals surface area contributed by atoms with Crippen LogP contribution < -0.4 is 5.32 Å². The van der Waals surface area contributed by atoms with Gasteiger partial charge in [-0.25, -0.2) is 4.98 Å². The second-order valence-corrected chi connectivity index (χ2v) is 6.85. The number of nitrogens with zero attached hydrogens (tertiary/aromatic N) is 3. The smallest absolute Gasteiger partial charge is 0.155 e. The average Bonchev–Trinajstić information content (AvgIpc) is 2.99. The highest BCUT2D eigenvalue weighted by atomic mass is 32.2. The maximum Gasteiger partial charge on any atom is 0.155 e. The lowest BCUT2D eigenvalue weighted by molar-refractivity contribution is 1.29. The van der Waals surface area contributed by atoms with E-state index in [1.807, 2.05) is 42.5 Å². The van der Waals surface area contributed by atoms with Crippen LogP contribution >= 0.6 is 23.1 Å². The first-order chi connectivity index (χ1) is 11.3. The molecule has 0 bridgehead atoms. The van der Waals surface area contributed by atoms with Gasteiger partial charge in [0.05, 0.1) is 10.2 Å². The molecule has 0 amide bonds. The molecule has 1 heterocycles. The summed E-state index contributed by atoms with van der Waals surface area (Å²) >= 11 is 3.29. The summed E-state index contributed by atoms with van der Waals surface area (Å²) in [7, 11) is 0. The Bertz CT molecular complexity index is 894. The molecular weight excluding hydrogens is 324 g/mol. The first kappa shape index (κ1) is 15.1. The first-order valence-electron chi connectivity index (χ1n) is 6.69. The maximum absolute atomic E-state index is 8.68. The molecule has 1 N–H and O–H groups in total. The van der Waals surface area contributed by atoms with E-state index in [0.717, 1.165) is 20.4 Å². The van der Waals surface area contributed by atoms with Gasteiger partial charge < -0.3 is 5.32 Å². The summed E-state index contributed by atoms with van der Waals surface area (Å²) in [5.74, 6) is 0. The monoisotopic (exact) mass is 334 g/mol. The Labute approximate surface area is 141 Å². The zero-order chi connectivity index (χ0) is 16.1. The van der Waals surface area contributed by atoms with Crippen molar-refractivity contribution >= 4 is 39.0 Å². The third-order valence-corrected chi connectivity index (χ3v) is 5.06. The van der Waals surface area contributed by atoms with Crippen LogP contribution in [0.5, 0.6) is 0 Å². The fourth-order valence-electron chi connectivity index (χ4n) is 1.86. The number of rotatable bonds is 4. The molecule has 2 aromatic carbocycles. The Kier molecular flexibility index (Phi) is 4.58. The molecule has 0 unspecified atom stereocenters. The number of nitrogens with one attached hydrogen (secondary N) is 1. The fraction of sp³-hybridized carbons (Fsp3) is 0. The Morgan fingerprint density at radius 2 is 1.83 bits per heavy atom. The van der Waals surface area contributed by atoms with E-state index in [1.54, 1.807) is 35.2 Å². The molecule has 0 spiro atoms. The zero-order valence-electron chi connectivity index (χ0n) is 11.9. The van der Waals surface area contributed by atoms with E-state index < -0.39 is 0 Å². The van der Waals surface area contributed by atoms with Gasteiger partial charge in [-0.3, -0.25) is 0 Å². The number of fused-ring (bicyclic) bond motifs is 1. The highest BCUT2D eigenvalue weighted by Crippen LogP contribution is 2.34. The molecule has 6 heteroatoms. The van der Waals surface area contributed by atoms with Crippen molar-refractivity contribution in [2.75, 3.05) is 5.32 Å². The molecule has 110 valence electrons. The van der Waals surface area contributed by atoms with Crippen LogP contribution in [-0.4, -0.2) is 4.98 Å². The quantitative estimate of drug-likeness (QED) is 0.694. The number of aromatic nitrogens is 1. The van der Waals surface area contributed by atoms with E-state index in [4.69, 9.17) is 10.5 Å². The van der Waals surface area contributed by atoms with Crippen LogP contribution in [0.1, 0.15) is 0 Å². The van der Waals surface area contributed by atoms with Crippen LogP contribution in [0.2, 0.25) is 0 Å². The van der Waals surface area contributed by atoms with Gasteiger partial charge in [0.25, 0.3) is 0 Å². The van der Waals surface area contributed by atoms with Crippen LogP contribution in [0.25, 0.3) is 10.2 Å². The second kappa shape index (κ2) is 6.97. The summed E-state index contributed by atoms with van der Waals surface area (Å²) in [6, 6.07) is 19.4. The van der Waals surface area contributed by atoms with Gasteiger partial charge in [0.15, 0.2) is 4.34 Å². The van der Waals surface area contributed by atoms with Crippen molar-refractivity contribution in [2.24, 2.45) is 0 Å². The molecule has 0 fully saturated rings. The van der Waals surface area contributed by atoms with E-state index in [9.17, 15) is 0 Å². The van der Waals surface area contributed by atoms with Crippen molar-refractivity contribution in [3.8, 4) is 12.1 Å². The van der Waals surface area contributed by atoms with Crippen LogP contribution in [-0.2, 0) is 0 Å². The van der Waals surface area contributed by atoms with Crippen molar-refractivity contribution in [3.05, 3.63) is 60.3 Å². The summed E-state index contributed by atoms with van der Waals surface area (Å²) in [5.41, 5.74) is 1.88. The van der Waals surface area contributed by atoms with E-state index in [1.165, 1.54) is 10.9 Å². The van der Waals surface area contributed by atoms with Gasteiger partial charge in [0.1, 0.15) is 17.7 Å². The first-order valence-corrected chi connectivity index (χ1v) is 8.32. The number of anilines is 1. The number of hydrogen-bond acceptors (Lipinski definition) is 6. The predicted octanol–water partition coefficient (Wildman–Crippen LogP) is 4.79. The molecule has 0 radical (unpaired) electrons. The van der Waals surface area contributed by atoms with Crippen LogP contribution in [0.15, 0.2) is 69.5 Å². The summed E-state index contributed by atoms with van der Waals surface area (Å²) in [6.07, 6.45) is 1.40. The third kappa shape index (κ3) is 3.70. The minimum absolute atomic E-state index is 0.0397. The lowest BCUT2D eigenvalue weighted by atomic mass is 10.3. The van der Waals surface area contributed by atoms with Gasteiger partial charge in [-0.1, -0.05) is 23.9 Å². The number of para-hydroxylation sites is 1. The normalized spacial score (nSPS) is 9.83. The van der Waals surface area contributed by atoms with Crippen LogP contribution in [0.4, 0.5) is 5.69 Å². The average molecular weight is 334 g/mol. The minimum atomic E-state index is 0.0397. The molecule has 0 aliphatic heterocycles. The SMILES string of the molecule is N#CC(C#N)=CNc1ccc(Sc2nc3ccccc3s2)cc1. The number of nitriles is 2. The van der Waals surface area contributed by atoms with E-state index in [2.05, 4.69) is 16.4 Å². The molecule has 0 aliphatic carbocycles. The Hall–Kier alpha value is -2.80. The van der Waals surface area contributed by atoms with Crippen molar-refractivity contribution in [1.29, 1.82) is 10.5 Å². The lowest BCUT2D eigenvalue weighted by Crippen LogP contribution is -1.89. The largest absolute Gasteiger partial charge is 0.360 e. The van der Waals surface area contributed by atoms with Gasteiger partial charge in [0.2, 0.25) is 0 Å². The summed E-state index contributed by atoms with van der Waals surface area (Å²) in [5, 5.41) is 20.3. The Morgan fingerprint density at radius 3 is 2.52 bits per heavy atom. The van der Waals surface area contributed by atoms with Gasteiger partial charge in [-0.15, -0.1) is 11.3 Å². The Balaban J connectivity index is 1.71. The highest BCUT2D eigenvalue weighted by Gasteiger charge is 2.05. The van der Waals surface area contributed by atoms with Crippen molar-refractivity contribution in [2.45, 2.75) is 9.24 Å². The third-order valence-electron chi connectivity index (χ3n) is 2.96. The van der Waals surface area contributed by atoms with Gasteiger partial charge >= 0.3 is 0 Å². The van der Waals surface area contributed by atoms with E-state index >= 15 is 0 Å².